The SMILES string of the molecule is COc1cccc(-n2c(=O)n(C)c3c(C(N)=O)nc(-c4ccc(Cl)cc4)nc32)c1. The standard InChI is InChI=1S/C20H16ClN5O3/c1-25-16-15(17(22)27)23-18(11-6-8-12(21)9-7-11)24-19(16)26(20(25)28)13-4-3-5-14(10-13)29-2/h3-10H,1-2H3,(H2,22,27). The second-order valence-electron chi connectivity index (χ2n) is 6.32. The van der Waals surface area contributed by atoms with Crippen molar-refractivity contribution in [3.63, 3.8) is 0 Å². The average Bonchev–Trinajstić information content (AvgIpc) is 2.98. The summed E-state index contributed by atoms with van der Waals surface area (Å²) in [4.78, 5) is 34.0. The number of hydrogen-bond donors (Lipinski definition) is 1. The summed E-state index contributed by atoms with van der Waals surface area (Å²) < 4.78 is 7.96. The quantitative estimate of drug-likeness (QED) is 0.557. The van der Waals surface area contributed by atoms with Gasteiger partial charge in [0.2, 0.25) is 0 Å². The third-order valence-electron chi connectivity index (χ3n) is 4.54. The summed E-state index contributed by atoms with van der Waals surface area (Å²) in [5.41, 5.74) is 6.82. The number of fused-ring (bicyclic) bond motifs is 1. The normalized spacial score (nSPS) is 11.0. The van der Waals surface area contributed by atoms with E-state index in [1.807, 2.05) is 0 Å². The molecule has 29 heavy (non-hydrogen) atoms. The van der Waals surface area contributed by atoms with Crippen LogP contribution in [0, 0.1) is 0 Å². The molecular formula is C20H16ClN5O3. The smallest absolute Gasteiger partial charge is 0.334 e. The van der Waals surface area contributed by atoms with Crippen LogP contribution in [-0.2, 0) is 7.05 Å². The number of primary amides is 1. The van der Waals surface area contributed by atoms with E-state index in [0.29, 0.717) is 22.0 Å². The van der Waals surface area contributed by atoms with Crippen LogP contribution in [0.4, 0.5) is 0 Å². The molecule has 0 fully saturated rings. The molecule has 1 amide bonds. The van der Waals surface area contributed by atoms with Crippen molar-refractivity contribution in [2.45, 2.75) is 0 Å². The van der Waals surface area contributed by atoms with Gasteiger partial charge in [-0.05, 0) is 36.4 Å². The Hall–Kier alpha value is -3.65. The highest BCUT2D eigenvalue weighted by molar-refractivity contribution is 6.30. The Morgan fingerprint density at radius 2 is 1.86 bits per heavy atom. The van der Waals surface area contributed by atoms with Gasteiger partial charge in [0.05, 0.1) is 12.8 Å². The highest BCUT2D eigenvalue weighted by Gasteiger charge is 2.22. The fraction of sp³-hybridized carbons (Fsp3) is 0.100. The first-order valence-corrected chi connectivity index (χ1v) is 8.98. The van der Waals surface area contributed by atoms with Gasteiger partial charge in [-0.25, -0.2) is 19.3 Å². The Bertz CT molecular complexity index is 1310. The van der Waals surface area contributed by atoms with E-state index in [9.17, 15) is 9.59 Å². The number of aromatic nitrogens is 4. The van der Waals surface area contributed by atoms with Crippen molar-refractivity contribution in [1.29, 1.82) is 0 Å². The number of nitrogens with two attached hydrogens (primary N) is 1. The fourth-order valence-electron chi connectivity index (χ4n) is 3.13. The van der Waals surface area contributed by atoms with Crippen LogP contribution in [0.1, 0.15) is 10.5 Å². The monoisotopic (exact) mass is 409 g/mol. The molecule has 0 atom stereocenters. The third kappa shape index (κ3) is 3.13. The van der Waals surface area contributed by atoms with E-state index in [2.05, 4.69) is 9.97 Å². The zero-order valence-corrected chi connectivity index (χ0v) is 16.3. The lowest BCUT2D eigenvalue weighted by atomic mass is 10.2. The molecule has 2 aromatic heterocycles. The zero-order chi connectivity index (χ0) is 20.7. The molecule has 8 nitrogen and oxygen atoms in total. The van der Waals surface area contributed by atoms with Gasteiger partial charge >= 0.3 is 5.69 Å². The number of nitrogens with zero attached hydrogens (tertiary/aromatic N) is 4. The lowest BCUT2D eigenvalue weighted by Gasteiger charge is -2.08. The zero-order valence-electron chi connectivity index (χ0n) is 15.6. The van der Waals surface area contributed by atoms with E-state index in [0.717, 1.165) is 0 Å². The first kappa shape index (κ1) is 18.7. The second-order valence-corrected chi connectivity index (χ2v) is 6.75. The maximum atomic E-state index is 13.0. The molecule has 0 spiro atoms. The number of ether oxygens (including phenoxy) is 1. The maximum Gasteiger partial charge on any atom is 0.334 e. The molecule has 0 aliphatic carbocycles. The summed E-state index contributed by atoms with van der Waals surface area (Å²) >= 11 is 5.96. The fourth-order valence-corrected chi connectivity index (χ4v) is 3.25. The van der Waals surface area contributed by atoms with Crippen LogP contribution < -0.4 is 16.2 Å². The first-order chi connectivity index (χ1) is 13.9. The van der Waals surface area contributed by atoms with Gasteiger partial charge < -0.3 is 10.5 Å². The number of methoxy groups -OCH3 is 1. The molecule has 0 aliphatic heterocycles. The topological polar surface area (TPSA) is 105 Å². The summed E-state index contributed by atoms with van der Waals surface area (Å²) in [5.74, 6) is 0.0738. The summed E-state index contributed by atoms with van der Waals surface area (Å²) in [7, 11) is 3.08. The Morgan fingerprint density at radius 3 is 2.52 bits per heavy atom. The van der Waals surface area contributed by atoms with Gasteiger partial charge in [0, 0.05) is 23.7 Å². The first-order valence-electron chi connectivity index (χ1n) is 8.60. The summed E-state index contributed by atoms with van der Waals surface area (Å²) in [5, 5.41) is 0.554. The third-order valence-corrected chi connectivity index (χ3v) is 4.79. The Labute approximate surface area is 170 Å². The number of carbonyl (C=O) groups is 1. The molecule has 2 aromatic carbocycles. The molecule has 4 aromatic rings. The molecule has 9 heteroatoms. The van der Waals surface area contributed by atoms with Crippen LogP contribution in [0.25, 0.3) is 28.2 Å². The Balaban J connectivity index is 2.09. The Kier molecular flexibility index (Phi) is 4.56. The molecule has 0 saturated carbocycles. The number of imidazole rings is 1. The van der Waals surface area contributed by atoms with Gasteiger partial charge in [-0.15, -0.1) is 0 Å². The van der Waals surface area contributed by atoms with Gasteiger partial charge in [-0.1, -0.05) is 17.7 Å². The molecule has 0 unspecified atom stereocenters. The molecular weight excluding hydrogens is 394 g/mol. The number of aryl methyl sites for hydroxylation is 1. The van der Waals surface area contributed by atoms with Crippen LogP contribution >= 0.6 is 11.6 Å². The van der Waals surface area contributed by atoms with Crippen LogP contribution in [0.3, 0.4) is 0 Å². The molecule has 2 heterocycles. The predicted molar refractivity (Wildman–Crippen MR) is 110 cm³/mol. The van der Waals surface area contributed by atoms with Crippen molar-refractivity contribution >= 4 is 28.7 Å². The van der Waals surface area contributed by atoms with Crippen molar-refractivity contribution in [1.82, 2.24) is 19.1 Å². The van der Waals surface area contributed by atoms with Crippen molar-refractivity contribution in [2.24, 2.45) is 12.8 Å². The van der Waals surface area contributed by atoms with Crippen molar-refractivity contribution in [3.05, 3.63) is 69.7 Å². The molecule has 0 radical (unpaired) electrons. The van der Waals surface area contributed by atoms with E-state index in [1.165, 1.54) is 16.2 Å². The minimum atomic E-state index is -0.758. The number of hydrogen-bond acceptors (Lipinski definition) is 5. The Morgan fingerprint density at radius 1 is 1.14 bits per heavy atom. The van der Waals surface area contributed by atoms with Crippen molar-refractivity contribution in [3.8, 4) is 22.8 Å². The summed E-state index contributed by atoms with van der Waals surface area (Å²) in [6, 6.07) is 13.8. The summed E-state index contributed by atoms with van der Waals surface area (Å²) in [6.07, 6.45) is 0. The molecule has 4 rings (SSSR count). The lowest BCUT2D eigenvalue weighted by molar-refractivity contribution is 0.0997. The molecule has 0 bridgehead atoms. The highest BCUT2D eigenvalue weighted by Crippen LogP contribution is 2.25. The number of benzene rings is 2. The van der Waals surface area contributed by atoms with Crippen LogP contribution in [0.15, 0.2) is 53.3 Å². The lowest BCUT2D eigenvalue weighted by Crippen LogP contribution is -2.21. The average molecular weight is 410 g/mol. The molecule has 146 valence electrons. The van der Waals surface area contributed by atoms with E-state index < -0.39 is 11.6 Å². The van der Waals surface area contributed by atoms with Crippen molar-refractivity contribution < 1.29 is 9.53 Å². The van der Waals surface area contributed by atoms with Crippen LogP contribution in [0.2, 0.25) is 5.02 Å². The summed E-state index contributed by atoms with van der Waals surface area (Å²) in [6.45, 7) is 0. The van der Waals surface area contributed by atoms with Gasteiger partial charge in [-0.3, -0.25) is 9.36 Å². The number of rotatable bonds is 4. The van der Waals surface area contributed by atoms with E-state index >= 15 is 0 Å². The highest BCUT2D eigenvalue weighted by atomic mass is 35.5. The minimum Gasteiger partial charge on any atom is -0.497 e. The number of halogens is 1. The minimum absolute atomic E-state index is 0.0406. The molecule has 2 N–H and O–H groups in total. The van der Waals surface area contributed by atoms with Gasteiger partial charge in [-0.2, -0.15) is 0 Å². The van der Waals surface area contributed by atoms with Crippen LogP contribution in [-0.4, -0.2) is 32.1 Å². The van der Waals surface area contributed by atoms with E-state index in [4.69, 9.17) is 22.1 Å². The maximum absolute atomic E-state index is 13.0. The number of carbonyl (C=O) groups excluding carboxylic acids is 1. The molecule has 0 aliphatic rings. The predicted octanol–water partition coefficient (Wildman–Crippen LogP) is 2.55. The van der Waals surface area contributed by atoms with E-state index in [1.54, 1.807) is 55.6 Å². The molecule has 0 saturated heterocycles. The van der Waals surface area contributed by atoms with Crippen molar-refractivity contribution in [2.75, 3.05) is 7.11 Å². The largest absolute Gasteiger partial charge is 0.497 e. The second kappa shape index (κ2) is 7.06. The number of amides is 1. The van der Waals surface area contributed by atoms with Crippen LogP contribution in [0.5, 0.6) is 5.75 Å². The van der Waals surface area contributed by atoms with Gasteiger partial charge in [0.1, 0.15) is 11.3 Å². The van der Waals surface area contributed by atoms with Gasteiger partial charge in [0.15, 0.2) is 17.2 Å². The van der Waals surface area contributed by atoms with Gasteiger partial charge in [0.25, 0.3) is 5.91 Å². The van der Waals surface area contributed by atoms with E-state index in [-0.39, 0.29) is 22.7 Å².